The van der Waals surface area contributed by atoms with Gasteiger partial charge in [-0.2, -0.15) is 0 Å². The zero-order chi connectivity index (χ0) is 15.3. The van der Waals surface area contributed by atoms with Crippen molar-refractivity contribution in [1.82, 2.24) is 0 Å². The first-order chi connectivity index (χ1) is 9.90. The number of nitrogens with zero attached hydrogens (tertiary/aromatic N) is 1. The predicted molar refractivity (Wildman–Crippen MR) is 76.4 cm³/mol. The highest BCUT2D eigenvalue weighted by molar-refractivity contribution is 9.10. The van der Waals surface area contributed by atoms with Gasteiger partial charge in [-0.3, -0.25) is 9.59 Å². The van der Waals surface area contributed by atoms with Crippen molar-refractivity contribution in [2.45, 2.75) is 6.92 Å². The third-order valence-corrected chi connectivity index (χ3v) is 4.20. The summed E-state index contributed by atoms with van der Waals surface area (Å²) >= 11 is 3.32. The quantitative estimate of drug-likeness (QED) is 0.732. The van der Waals surface area contributed by atoms with E-state index in [1.165, 1.54) is 0 Å². The molecule has 3 nitrogen and oxygen atoms in total. The van der Waals surface area contributed by atoms with Crippen LogP contribution in [0, 0.1) is 18.6 Å². The van der Waals surface area contributed by atoms with Crippen LogP contribution in [0.4, 0.5) is 14.5 Å². The number of carbonyl (C=O) groups excluding carboxylic acids is 2. The molecule has 0 saturated carbocycles. The largest absolute Gasteiger partial charge is 0.268 e. The molecule has 2 aromatic carbocycles. The molecule has 3 rings (SSSR count). The Balaban J connectivity index is 2.13. The Bertz CT molecular complexity index is 764. The van der Waals surface area contributed by atoms with Gasteiger partial charge in [-0.1, -0.05) is 22.0 Å². The fourth-order valence-electron chi connectivity index (χ4n) is 2.19. The number of imide groups is 1. The molecule has 0 aromatic heterocycles. The normalized spacial score (nSPS) is 13.8. The monoisotopic (exact) mass is 351 g/mol. The maximum atomic E-state index is 13.3. The lowest BCUT2D eigenvalue weighted by atomic mass is 10.1. The molecule has 0 bridgehead atoms. The summed E-state index contributed by atoms with van der Waals surface area (Å²) < 4.78 is 27.2. The summed E-state index contributed by atoms with van der Waals surface area (Å²) in [4.78, 5) is 25.4. The van der Waals surface area contributed by atoms with Crippen LogP contribution < -0.4 is 4.90 Å². The lowest BCUT2D eigenvalue weighted by Crippen LogP contribution is -2.29. The molecule has 1 aliphatic heterocycles. The molecule has 0 spiro atoms. The van der Waals surface area contributed by atoms with Gasteiger partial charge in [-0.05, 0) is 36.8 Å². The van der Waals surface area contributed by atoms with E-state index in [-0.39, 0.29) is 11.1 Å². The van der Waals surface area contributed by atoms with Gasteiger partial charge in [0.25, 0.3) is 11.8 Å². The van der Waals surface area contributed by atoms with Crippen LogP contribution in [0.25, 0.3) is 0 Å². The molecule has 6 heteroatoms. The molecule has 0 unspecified atom stereocenters. The lowest BCUT2D eigenvalue weighted by Gasteiger charge is -2.14. The van der Waals surface area contributed by atoms with Gasteiger partial charge in [-0.15, -0.1) is 0 Å². The molecule has 0 atom stereocenters. The van der Waals surface area contributed by atoms with E-state index in [0.29, 0.717) is 5.69 Å². The van der Waals surface area contributed by atoms with E-state index < -0.39 is 23.4 Å². The first-order valence-electron chi connectivity index (χ1n) is 6.04. The summed E-state index contributed by atoms with van der Waals surface area (Å²) in [6.07, 6.45) is 0. The number of carbonyl (C=O) groups is 2. The second kappa shape index (κ2) is 4.73. The average Bonchev–Trinajstić information content (AvgIpc) is 2.66. The maximum Gasteiger partial charge on any atom is 0.266 e. The molecule has 21 heavy (non-hydrogen) atoms. The molecule has 106 valence electrons. The second-order valence-electron chi connectivity index (χ2n) is 4.69. The number of halogens is 3. The van der Waals surface area contributed by atoms with Gasteiger partial charge in [-0.25, -0.2) is 13.7 Å². The summed E-state index contributed by atoms with van der Waals surface area (Å²) in [5, 5.41) is 0. The number of amides is 2. The van der Waals surface area contributed by atoms with Gasteiger partial charge >= 0.3 is 0 Å². The van der Waals surface area contributed by atoms with E-state index in [1.54, 1.807) is 18.2 Å². The second-order valence-corrected chi connectivity index (χ2v) is 5.55. The van der Waals surface area contributed by atoms with Crippen molar-refractivity contribution in [2.24, 2.45) is 0 Å². The van der Waals surface area contributed by atoms with E-state index in [0.717, 1.165) is 27.1 Å². The molecular weight excluding hydrogens is 344 g/mol. The van der Waals surface area contributed by atoms with E-state index in [1.807, 2.05) is 6.92 Å². The van der Waals surface area contributed by atoms with Crippen LogP contribution in [0.3, 0.4) is 0 Å². The highest BCUT2D eigenvalue weighted by Gasteiger charge is 2.38. The maximum absolute atomic E-state index is 13.3. The minimum atomic E-state index is -1.15. The molecule has 0 fully saturated rings. The fraction of sp³-hybridized carbons (Fsp3) is 0.0667. The minimum Gasteiger partial charge on any atom is -0.268 e. The van der Waals surface area contributed by atoms with Crippen LogP contribution in [0.5, 0.6) is 0 Å². The zero-order valence-corrected chi connectivity index (χ0v) is 12.4. The predicted octanol–water partition coefficient (Wildman–Crippen LogP) is 3.84. The van der Waals surface area contributed by atoms with E-state index in [4.69, 9.17) is 0 Å². The van der Waals surface area contributed by atoms with Gasteiger partial charge in [0.1, 0.15) is 0 Å². The van der Waals surface area contributed by atoms with Gasteiger partial charge in [0.15, 0.2) is 11.6 Å². The number of hydrogen-bond acceptors (Lipinski definition) is 2. The van der Waals surface area contributed by atoms with E-state index in [9.17, 15) is 18.4 Å². The Morgan fingerprint density at radius 1 is 0.952 bits per heavy atom. The van der Waals surface area contributed by atoms with Gasteiger partial charge in [0.05, 0.1) is 16.8 Å². The molecular formula is C15H8BrF2NO2. The number of anilines is 1. The Morgan fingerprint density at radius 3 is 1.95 bits per heavy atom. The Kier molecular flexibility index (Phi) is 3.13. The third kappa shape index (κ3) is 2.06. The third-order valence-electron chi connectivity index (χ3n) is 3.34. The van der Waals surface area contributed by atoms with Crippen molar-refractivity contribution < 1.29 is 18.4 Å². The number of hydrogen-bond donors (Lipinski definition) is 0. The van der Waals surface area contributed by atoms with Gasteiger partial charge in [0.2, 0.25) is 0 Å². The van der Waals surface area contributed by atoms with Crippen LogP contribution in [0.15, 0.2) is 34.8 Å². The number of rotatable bonds is 1. The minimum absolute atomic E-state index is 0.129. The fourth-order valence-corrected chi connectivity index (χ4v) is 2.56. The average molecular weight is 352 g/mol. The summed E-state index contributed by atoms with van der Waals surface area (Å²) in [7, 11) is 0. The summed E-state index contributed by atoms with van der Waals surface area (Å²) in [6.45, 7) is 1.86. The van der Waals surface area contributed by atoms with Crippen LogP contribution in [0.1, 0.15) is 26.3 Å². The van der Waals surface area contributed by atoms with Crippen molar-refractivity contribution in [2.75, 3.05) is 4.90 Å². The molecule has 2 aromatic rings. The zero-order valence-electron chi connectivity index (χ0n) is 10.8. The van der Waals surface area contributed by atoms with Crippen molar-refractivity contribution >= 4 is 33.4 Å². The van der Waals surface area contributed by atoms with Crippen molar-refractivity contribution in [1.29, 1.82) is 0 Å². The van der Waals surface area contributed by atoms with Crippen molar-refractivity contribution in [3.8, 4) is 0 Å². The Labute approximate surface area is 127 Å². The first-order valence-corrected chi connectivity index (χ1v) is 6.83. The Hall–Kier alpha value is -2.08. The molecule has 2 amide bonds. The molecule has 0 saturated heterocycles. The van der Waals surface area contributed by atoms with E-state index in [2.05, 4.69) is 15.9 Å². The molecule has 0 radical (unpaired) electrons. The lowest BCUT2D eigenvalue weighted by molar-refractivity contribution is 0.0926. The van der Waals surface area contributed by atoms with Gasteiger partial charge in [0, 0.05) is 4.47 Å². The van der Waals surface area contributed by atoms with Gasteiger partial charge < -0.3 is 0 Å². The standard InChI is InChI=1S/C15H8BrF2NO2/c1-7-2-3-8(4-11(7)16)19-14(20)9-5-12(17)13(18)6-10(9)15(19)21/h2-6H,1H3. The highest BCUT2D eigenvalue weighted by atomic mass is 79.9. The van der Waals surface area contributed by atoms with Crippen molar-refractivity contribution in [3.63, 3.8) is 0 Å². The van der Waals surface area contributed by atoms with Crippen LogP contribution in [-0.2, 0) is 0 Å². The summed E-state index contributed by atoms with van der Waals surface area (Å²) in [6, 6.07) is 6.48. The highest BCUT2D eigenvalue weighted by Crippen LogP contribution is 2.32. The Morgan fingerprint density at radius 2 is 1.48 bits per heavy atom. The SMILES string of the molecule is Cc1ccc(N2C(=O)c3cc(F)c(F)cc3C2=O)cc1Br. The number of aryl methyl sites for hydroxylation is 1. The molecule has 0 aliphatic carbocycles. The number of fused-ring (bicyclic) bond motifs is 1. The smallest absolute Gasteiger partial charge is 0.266 e. The topological polar surface area (TPSA) is 37.4 Å². The molecule has 1 aliphatic rings. The first kappa shape index (κ1) is 13.9. The van der Waals surface area contributed by atoms with Crippen LogP contribution >= 0.6 is 15.9 Å². The van der Waals surface area contributed by atoms with Crippen LogP contribution in [0.2, 0.25) is 0 Å². The van der Waals surface area contributed by atoms with E-state index >= 15 is 0 Å². The van der Waals surface area contributed by atoms with Crippen LogP contribution in [-0.4, -0.2) is 11.8 Å². The molecule has 1 heterocycles. The summed E-state index contributed by atoms with van der Waals surface area (Å²) in [5.41, 5.74) is 1.03. The summed E-state index contributed by atoms with van der Waals surface area (Å²) in [5.74, 6) is -3.63. The molecule has 0 N–H and O–H groups in total. The van der Waals surface area contributed by atoms with Crippen molar-refractivity contribution in [3.05, 3.63) is 63.1 Å². The number of benzene rings is 2.